The zero-order valence-corrected chi connectivity index (χ0v) is 10.5. The number of halogens is 2. The van der Waals surface area contributed by atoms with Gasteiger partial charge in [0.15, 0.2) is 11.6 Å². The van der Waals surface area contributed by atoms with Crippen molar-refractivity contribution < 1.29 is 8.78 Å². The number of hydrogen-bond acceptors (Lipinski definition) is 2. The molecule has 3 rings (SSSR count). The molecule has 3 nitrogen and oxygen atoms in total. The SMILES string of the molecule is CNC1CCCc2[nH]c(=O)c3c(F)c(F)ccc3c21. The van der Waals surface area contributed by atoms with Gasteiger partial charge < -0.3 is 10.3 Å². The smallest absolute Gasteiger partial charge is 0.259 e. The fourth-order valence-corrected chi connectivity index (χ4v) is 2.94. The van der Waals surface area contributed by atoms with Crippen LogP contribution in [-0.2, 0) is 6.42 Å². The Morgan fingerprint density at radius 2 is 2.16 bits per heavy atom. The third-order valence-corrected chi connectivity index (χ3v) is 3.82. The maximum Gasteiger partial charge on any atom is 0.259 e. The zero-order valence-electron chi connectivity index (χ0n) is 10.5. The van der Waals surface area contributed by atoms with Crippen LogP contribution in [0.1, 0.15) is 30.1 Å². The van der Waals surface area contributed by atoms with Gasteiger partial charge in [-0.25, -0.2) is 8.78 Å². The van der Waals surface area contributed by atoms with Gasteiger partial charge in [-0.1, -0.05) is 6.07 Å². The average Bonchev–Trinajstić information content (AvgIpc) is 2.41. The summed E-state index contributed by atoms with van der Waals surface area (Å²) in [6, 6.07) is 2.64. The second kappa shape index (κ2) is 4.42. The van der Waals surface area contributed by atoms with Crippen molar-refractivity contribution in [3.63, 3.8) is 0 Å². The minimum atomic E-state index is -1.07. The standard InChI is InChI=1S/C14H14F2N2O/c1-17-9-3-2-4-10-11(9)7-5-6-8(15)13(16)12(7)14(19)18-10/h5-6,9,17H,2-4H2,1H3,(H,18,19). The van der Waals surface area contributed by atoms with E-state index in [1.807, 2.05) is 7.05 Å². The molecule has 0 amide bonds. The quantitative estimate of drug-likeness (QED) is 0.830. The fraction of sp³-hybridized carbons (Fsp3) is 0.357. The Balaban J connectivity index is 2.44. The molecule has 0 aliphatic heterocycles. The molecule has 5 heteroatoms. The normalized spacial score (nSPS) is 18.6. The summed E-state index contributed by atoms with van der Waals surface area (Å²) in [5.74, 6) is -2.06. The monoisotopic (exact) mass is 264 g/mol. The highest BCUT2D eigenvalue weighted by Gasteiger charge is 2.24. The summed E-state index contributed by atoms with van der Waals surface area (Å²) in [6.45, 7) is 0. The van der Waals surface area contributed by atoms with E-state index in [4.69, 9.17) is 0 Å². The Labute approximate surface area is 108 Å². The van der Waals surface area contributed by atoms with Crippen LogP contribution < -0.4 is 10.9 Å². The van der Waals surface area contributed by atoms with E-state index in [1.54, 1.807) is 0 Å². The largest absolute Gasteiger partial charge is 0.325 e. The summed E-state index contributed by atoms with van der Waals surface area (Å²) in [7, 11) is 1.83. The molecule has 0 radical (unpaired) electrons. The molecule has 1 heterocycles. The molecule has 2 aromatic rings. The molecule has 0 saturated heterocycles. The van der Waals surface area contributed by atoms with E-state index < -0.39 is 17.2 Å². The first-order valence-corrected chi connectivity index (χ1v) is 6.33. The molecule has 1 aromatic heterocycles. The minimum Gasteiger partial charge on any atom is -0.325 e. The summed E-state index contributed by atoms with van der Waals surface area (Å²) in [5, 5.41) is 3.50. The molecule has 1 atom stereocenters. The van der Waals surface area contributed by atoms with Gasteiger partial charge in [-0.3, -0.25) is 4.79 Å². The number of H-pyrrole nitrogens is 1. The lowest BCUT2D eigenvalue weighted by atomic mass is 9.87. The van der Waals surface area contributed by atoms with E-state index >= 15 is 0 Å². The van der Waals surface area contributed by atoms with Crippen molar-refractivity contribution in [2.45, 2.75) is 25.3 Å². The molecule has 1 aromatic carbocycles. The molecule has 2 N–H and O–H groups in total. The van der Waals surface area contributed by atoms with E-state index in [9.17, 15) is 13.6 Å². The van der Waals surface area contributed by atoms with E-state index in [2.05, 4.69) is 10.3 Å². The second-order valence-corrected chi connectivity index (χ2v) is 4.86. The van der Waals surface area contributed by atoms with Gasteiger partial charge in [0, 0.05) is 11.7 Å². The number of fused-ring (bicyclic) bond motifs is 3. The number of benzene rings is 1. The molecule has 19 heavy (non-hydrogen) atoms. The first kappa shape index (κ1) is 12.3. The van der Waals surface area contributed by atoms with E-state index in [-0.39, 0.29) is 11.4 Å². The first-order chi connectivity index (χ1) is 9.13. The summed E-state index contributed by atoms with van der Waals surface area (Å²) in [6.07, 6.45) is 2.64. The van der Waals surface area contributed by atoms with Crippen molar-refractivity contribution in [3.05, 3.63) is 45.4 Å². The molecule has 1 unspecified atom stereocenters. The lowest BCUT2D eigenvalue weighted by molar-refractivity contribution is 0.491. The number of nitrogens with one attached hydrogen (secondary N) is 2. The Hall–Kier alpha value is -1.75. The summed E-state index contributed by atoms with van der Waals surface area (Å²) >= 11 is 0. The number of pyridine rings is 1. The molecule has 0 fully saturated rings. The van der Waals surface area contributed by atoms with E-state index in [0.717, 1.165) is 36.6 Å². The highest BCUT2D eigenvalue weighted by atomic mass is 19.2. The topological polar surface area (TPSA) is 44.9 Å². The van der Waals surface area contributed by atoms with Crippen LogP contribution in [0.5, 0.6) is 0 Å². The van der Waals surface area contributed by atoms with E-state index in [1.165, 1.54) is 6.07 Å². The second-order valence-electron chi connectivity index (χ2n) is 4.86. The van der Waals surface area contributed by atoms with Crippen LogP contribution in [0.15, 0.2) is 16.9 Å². The lowest BCUT2D eigenvalue weighted by Crippen LogP contribution is -2.26. The van der Waals surface area contributed by atoms with Gasteiger partial charge in [0.25, 0.3) is 5.56 Å². The number of aromatic amines is 1. The maximum atomic E-state index is 13.8. The molecule has 100 valence electrons. The van der Waals surface area contributed by atoms with Crippen LogP contribution >= 0.6 is 0 Å². The highest BCUT2D eigenvalue weighted by Crippen LogP contribution is 2.33. The average molecular weight is 264 g/mol. The minimum absolute atomic E-state index is 0.0629. The summed E-state index contributed by atoms with van der Waals surface area (Å²) in [4.78, 5) is 14.6. The Kier molecular flexibility index (Phi) is 2.86. The van der Waals surface area contributed by atoms with Crippen molar-refractivity contribution in [2.75, 3.05) is 7.05 Å². The first-order valence-electron chi connectivity index (χ1n) is 6.33. The molecule has 0 saturated carbocycles. The number of rotatable bonds is 1. The Bertz CT molecular complexity index is 709. The highest BCUT2D eigenvalue weighted by molar-refractivity contribution is 5.86. The van der Waals surface area contributed by atoms with Crippen LogP contribution in [0.25, 0.3) is 10.8 Å². The van der Waals surface area contributed by atoms with Crippen molar-refractivity contribution in [1.82, 2.24) is 10.3 Å². The van der Waals surface area contributed by atoms with Gasteiger partial charge in [-0.05, 0) is 43.3 Å². The van der Waals surface area contributed by atoms with Crippen LogP contribution in [0.3, 0.4) is 0 Å². The van der Waals surface area contributed by atoms with Crippen molar-refractivity contribution in [2.24, 2.45) is 0 Å². The molecule has 1 aliphatic carbocycles. The summed E-state index contributed by atoms with van der Waals surface area (Å²) in [5.41, 5.74) is 1.17. The number of aromatic nitrogens is 1. The summed E-state index contributed by atoms with van der Waals surface area (Å²) < 4.78 is 27.1. The van der Waals surface area contributed by atoms with Crippen LogP contribution in [-0.4, -0.2) is 12.0 Å². The van der Waals surface area contributed by atoms with Crippen molar-refractivity contribution in [1.29, 1.82) is 0 Å². The van der Waals surface area contributed by atoms with Crippen LogP contribution in [0.2, 0.25) is 0 Å². The zero-order chi connectivity index (χ0) is 13.6. The maximum absolute atomic E-state index is 13.8. The van der Waals surface area contributed by atoms with Crippen LogP contribution in [0, 0.1) is 11.6 Å². The molecule has 0 bridgehead atoms. The van der Waals surface area contributed by atoms with E-state index in [0.29, 0.717) is 5.39 Å². The predicted molar refractivity (Wildman–Crippen MR) is 69.2 cm³/mol. The molecule has 1 aliphatic rings. The number of aryl methyl sites for hydroxylation is 1. The fourth-order valence-electron chi connectivity index (χ4n) is 2.94. The molecular weight excluding hydrogens is 250 g/mol. The van der Waals surface area contributed by atoms with Gasteiger partial charge in [-0.2, -0.15) is 0 Å². The van der Waals surface area contributed by atoms with Gasteiger partial charge in [-0.15, -0.1) is 0 Å². The lowest BCUT2D eigenvalue weighted by Gasteiger charge is -2.26. The van der Waals surface area contributed by atoms with Gasteiger partial charge >= 0.3 is 0 Å². The Morgan fingerprint density at radius 1 is 1.37 bits per heavy atom. The molecule has 0 spiro atoms. The van der Waals surface area contributed by atoms with Crippen molar-refractivity contribution in [3.8, 4) is 0 Å². The van der Waals surface area contributed by atoms with Gasteiger partial charge in [0.1, 0.15) is 0 Å². The van der Waals surface area contributed by atoms with Gasteiger partial charge in [0.05, 0.1) is 5.39 Å². The van der Waals surface area contributed by atoms with Crippen molar-refractivity contribution >= 4 is 10.8 Å². The van der Waals surface area contributed by atoms with Crippen LogP contribution in [0.4, 0.5) is 8.78 Å². The Morgan fingerprint density at radius 3 is 2.89 bits per heavy atom. The third-order valence-electron chi connectivity index (χ3n) is 3.82. The molecular formula is C14H14F2N2O. The predicted octanol–water partition coefficient (Wildman–Crippen LogP) is 2.40. The third kappa shape index (κ3) is 1.76. The number of hydrogen-bond donors (Lipinski definition) is 2. The van der Waals surface area contributed by atoms with Gasteiger partial charge in [0.2, 0.25) is 0 Å².